The number of hydrogen-bond acceptors (Lipinski definition) is 5. The SMILES string of the molecule is CS(=O)(=O)OCCC1(c2ccc(Cl)c(Cl)c2)COC(=O)N(Cc2cc(C(F)(F)F)cc(C(F)(F)F)c2)C1. The van der Waals surface area contributed by atoms with Gasteiger partial charge in [-0.15, -0.1) is 0 Å². The van der Waals surface area contributed by atoms with Crippen molar-refractivity contribution in [3.63, 3.8) is 0 Å². The topological polar surface area (TPSA) is 72.9 Å². The van der Waals surface area contributed by atoms with Crippen LogP contribution in [0.25, 0.3) is 0 Å². The zero-order chi connectivity index (χ0) is 27.8. The molecule has 1 aliphatic rings. The van der Waals surface area contributed by atoms with Crippen molar-refractivity contribution in [1.29, 1.82) is 0 Å². The number of amides is 1. The van der Waals surface area contributed by atoms with Gasteiger partial charge in [-0.05, 0) is 47.9 Å². The van der Waals surface area contributed by atoms with E-state index in [2.05, 4.69) is 0 Å². The lowest BCUT2D eigenvalue weighted by atomic mass is 9.77. The number of carbonyl (C=O) groups excluding carboxylic acids is 1. The van der Waals surface area contributed by atoms with Crippen molar-refractivity contribution in [3.05, 3.63) is 68.7 Å². The molecular weight excluding hydrogens is 575 g/mol. The average Bonchev–Trinajstić information content (AvgIpc) is 2.75. The summed E-state index contributed by atoms with van der Waals surface area (Å²) in [6.45, 7) is -1.55. The van der Waals surface area contributed by atoms with E-state index < -0.39 is 57.2 Å². The molecule has 0 aliphatic carbocycles. The van der Waals surface area contributed by atoms with Crippen LogP contribution < -0.4 is 0 Å². The summed E-state index contributed by atoms with van der Waals surface area (Å²) < 4.78 is 113. The lowest BCUT2D eigenvalue weighted by Gasteiger charge is -2.42. The number of hydrogen-bond donors (Lipinski definition) is 0. The summed E-state index contributed by atoms with van der Waals surface area (Å²) in [5, 5.41) is 0.319. The number of alkyl halides is 6. The summed E-state index contributed by atoms with van der Waals surface area (Å²) in [5.74, 6) is 0. The molecule has 1 heterocycles. The summed E-state index contributed by atoms with van der Waals surface area (Å²) in [4.78, 5) is 13.5. The first-order valence-electron chi connectivity index (χ1n) is 10.4. The molecule has 1 saturated heterocycles. The smallest absolute Gasteiger partial charge is 0.416 e. The summed E-state index contributed by atoms with van der Waals surface area (Å²) in [6.07, 6.45) is -10.3. The zero-order valence-electron chi connectivity index (χ0n) is 18.9. The van der Waals surface area contributed by atoms with Crippen molar-refractivity contribution in [3.8, 4) is 0 Å². The van der Waals surface area contributed by atoms with Crippen LogP contribution in [-0.2, 0) is 43.4 Å². The number of cyclic esters (lactones) is 1. The normalized spacial score (nSPS) is 19.2. The highest BCUT2D eigenvalue weighted by Gasteiger charge is 2.43. The van der Waals surface area contributed by atoms with Gasteiger partial charge in [0.05, 0.1) is 34.0 Å². The van der Waals surface area contributed by atoms with E-state index in [1.807, 2.05) is 0 Å². The molecule has 2 aromatic carbocycles. The molecule has 1 amide bonds. The van der Waals surface area contributed by atoms with E-state index in [0.29, 0.717) is 17.7 Å². The number of nitrogens with zero attached hydrogens (tertiary/aromatic N) is 1. The third kappa shape index (κ3) is 7.43. The van der Waals surface area contributed by atoms with Crippen LogP contribution in [0.5, 0.6) is 0 Å². The fourth-order valence-electron chi connectivity index (χ4n) is 3.90. The van der Waals surface area contributed by atoms with Gasteiger partial charge in [-0.3, -0.25) is 4.18 Å². The van der Waals surface area contributed by atoms with E-state index in [-0.39, 0.29) is 42.3 Å². The van der Waals surface area contributed by atoms with Gasteiger partial charge in [0.15, 0.2) is 0 Å². The minimum absolute atomic E-state index is 0.0133. The molecule has 3 rings (SSSR count). The lowest BCUT2D eigenvalue weighted by molar-refractivity contribution is -0.143. The molecule has 2 aromatic rings. The van der Waals surface area contributed by atoms with Crippen LogP contribution in [0.15, 0.2) is 36.4 Å². The number of ether oxygens (including phenoxy) is 1. The molecule has 204 valence electrons. The van der Waals surface area contributed by atoms with Gasteiger partial charge >= 0.3 is 18.4 Å². The Kier molecular flexibility index (Phi) is 8.33. The van der Waals surface area contributed by atoms with Gasteiger partial charge in [-0.25, -0.2) is 4.79 Å². The minimum Gasteiger partial charge on any atom is -0.448 e. The van der Waals surface area contributed by atoms with Gasteiger partial charge in [0.1, 0.15) is 6.61 Å². The van der Waals surface area contributed by atoms with Gasteiger partial charge in [0, 0.05) is 18.5 Å². The van der Waals surface area contributed by atoms with Crippen LogP contribution in [0.3, 0.4) is 0 Å². The third-order valence-electron chi connectivity index (χ3n) is 5.65. The molecule has 0 N–H and O–H groups in total. The minimum atomic E-state index is -5.06. The number of benzene rings is 2. The second-order valence-corrected chi connectivity index (χ2v) is 11.0. The first-order chi connectivity index (χ1) is 16.9. The Morgan fingerprint density at radius 2 is 1.59 bits per heavy atom. The molecule has 1 unspecified atom stereocenters. The molecule has 0 aromatic heterocycles. The molecule has 1 aliphatic heterocycles. The van der Waals surface area contributed by atoms with Crippen LogP contribution in [0.4, 0.5) is 31.1 Å². The van der Waals surface area contributed by atoms with Gasteiger partial charge in [-0.1, -0.05) is 29.3 Å². The Morgan fingerprint density at radius 3 is 2.11 bits per heavy atom. The fraction of sp³-hybridized carbons (Fsp3) is 0.409. The van der Waals surface area contributed by atoms with Crippen LogP contribution in [0, 0.1) is 0 Å². The molecule has 6 nitrogen and oxygen atoms in total. The quantitative estimate of drug-likeness (QED) is 0.279. The van der Waals surface area contributed by atoms with E-state index in [0.717, 1.165) is 11.2 Å². The van der Waals surface area contributed by atoms with Crippen molar-refractivity contribution in [2.45, 2.75) is 30.7 Å². The Hall–Kier alpha value is -2.22. The van der Waals surface area contributed by atoms with Gasteiger partial charge in [-0.2, -0.15) is 34.8 Å². The largest absolute Gasteiger partial charge is 0.448 e. The van der Waals surface area contributed by atoms with Crippen molar-refractivity contribution >= 4 is 39.4 Å². The van der Waals surface area contributed by atoms with E-state index in [1.54, 1.807) is 0 Å². The second-order valence-electron chi connectivity index (χ2n) is 8.51. The number of rotatable bonds is 7. The van der Waals surface area contributed by atoms with E-state index in [1.165, 1.54) is 18.2 Å². The first-order valence-corrected chi connectivity index (χ1v) is 13.0. The molecule has 0 saturated carbocycles. The lowest BCUT2D eigenvalue weighted by Crippen LogP contribution is -2.52. The highest BCUT2D eigenvalue weighted by atomic mass is 35.5. The van der Waals surface area contributed by atoms with Gasteiger partial charge < -0.3 is 9.64 Å². The summed E-state index contributed by atoms with van der Waals surface area (Å²) in [6, 6.07) is 5.46. The highest BCUT2D eigenvalue weighted by molar-refractivity contribution is 7.85. The molecule has 37 heavy (non-hydrogen) atoms. The average molecular weight is 594 g/mol. The van der Waals surface area contributed by atoms with Crippen LogP contribution in [-0.4, -0.2) is 45.4 Å². The van der Waals surface area contributed by atoms with Gasteiger partial charge in [0.25, 0.3) is 10.1 Å². The second kappa shape index (κ2) is 10.5. The molecule has 1 fully saturated rings. The summed E-state index contributed by atoms with van der Waals surface area (Å²) >= 11 is 12.1. The van der Waals surface area contributed by atoms with Crippen LogP contribution in [0.1, 0.15) is 28.7 Å². The Morgan fingerprint density at radius 1 is 1.00 bits per heavy atom. The zero-order valence-corrected chi connectivity index (χ0v) is 21.2. The van der Waals surface area contributed by atoms with Crippen molar-refractivity contribution in [1.82, 2.24) is 4.90 Å². The predicted molar refractivity (Wildman–Crippen MR) is 122 cm³/mol. The molecule has 0 radical (unpaired) electrons. The number of halogens is 8. The van der Waals surface area contributed by atoms with E-state index in [4.69, 9.17) is 32.1 Å². The molecule has 15 heteroatoms. The van der Waals surface area contributed by atoms with Gasteiger partial charge in [0.2, 0.25) is 0 Å². The monoisotopic (exact) mass is 593 g/mol. The van der Waals surface area contributed by atoms with E-state index in [9.17, 15) is 39.6 Å². The van der Waals surface area contributed by atoms with Crippen molar-refractivity contribution < 1.29 is 48.5 Å². The van der Waals surface area contributed by atoms with Crippen molar-refractivity contribution in [2.75, 3.05) is 26.0 Å². The maximum atomic E-state index is 13.3. The molecule has 0 bridgehead atoms. The first kappa shape index (κ1) is 29.3. The maximum absolute atomic E-state index is 13.3. The third-order valence-corrected chi connectivity index (χ3v) is 6.99. The Bertz CT molecular complexity index is 1250. The van der Waals surface area contributed by atoms with Crippen LogP contribution in [0.2, 0.25) is 10.0 Å². The molecular formula is C22H19Cl2F6NO5S. The maximum Gasteiger partial charge on any atom is 0.416 e. The molecule has 0 spiro atoms. The number of carbonyl (C=O) groups is 1. The van der Waals surface area contributed by atoms with E-state index >= 15 is 0 Å². The van der Waals surface area contributed by atoms with Crippen LogP contribution >= 0.6 is 23.2 Å². The fourth-order valence-corrected chi connectivity index (χ4v) is 4.59. The molecule has 1 atom stereocenters. The Labute approximate surface area is 218 Å². The summed E-state index contributed by atoms with van der Waals surface area (Å²) in [7, 11) is -3.84. The predicted octanol–water partition coefficient (Wildman–Crippen LogP) is 6.29. The standard InChI is InChI=1S/C22H19Cl2F6NO5S/c1-37(33,34)36-5-4-20(14-2-3-17(23)18(24)9-14)11-31(19(32)35-12-20)10-13-6-15(21(25,26)27)8-16(7-13)22(28,29)30/h2-3,6-9H,4-5,10-12H2,1H3. The van der Waals surface area contributed by atoms with Crippen molar-refractivity contribution in [2.24, 2.45) is 0 Å². The highest BCUT2D eigenvalue weighted by Crippen LogP contribution is 2.39. The summed E-state index contributed by atoms with van der Waals surface area (Å²) in [5.41, 5.74) is -4.23. The Balaban J connectivity index is 2.00.